The minimum Gasteiger partial charge on any atom is -0.459 e. The Hall–Kier alpha value is -2.25. The van der Waals surface area contributed by atoms with Gasteiger partial charge in [0, 0.05) is 19.3 Å². The fourth-order valence-corrected chi connectivity index (χ4v) is 5.46. The number of hydrogen-bond acceptors (Lipinski definition) is 5. The number of aryl methyl sites for hydroxylation is 2. The molecule has 148 valence electrons. The van der Waals surface area contributed by atoms with Crippen LogP contribution < -0.4 is 0 Å². The topological polar surface area (TPSA) is 76.6 Å². The summed E-state index contributed by atoms with van der Waals surface area (Å²) in [4.78, 5) is 16.8. The number of sulfonamides is 1. The smallest absolute Gasteiger partial charge is 0.309 e. The van der Waals surface area contributed by atoms with Crippen molar-refractivity contribution in [3.63, 3.8) is 0 Å². The van der Waals surface area contributed by atoms with Gasteiger partial charge in [-0.1, -0.05) is 12.1 Å². The van der Waals surface area contributed by atoms with E-state index < -0.39 is 10.0 Å². The molecular weight excluding hydrogens is 376 g/mol. The molecule has 1 aromatic heterocycles. The SMILES string of the molecule is O=C(OCc1ccccn1)C1CCN(S(=O)(=O)c2ccc3c(c2)CCC3)CC1. The highest BCUT2D eigenvalue weighted by molar-refractivity contribution is 7.89. The van der Waals surface area contributed by atoms with Gasteiger partial charge in [-0.3, -0.25) is 9.78 Å². The molecule has 1 aromatic carbocycles. The molecule has 6 nitrogen and oxygen atoms in total. The van der Waals surface area contributed by atoms with Crippen LogP contribution in [0.25, 0.3) is 0 Å². The predicted octanol–water partition coefficient (Wildman–Crippen LogP) is 2.71. The minimum absolute atomic E-state index is 0.146. The summed E-state index contributed by atoms with van der Waals surface area (Å²) in [6, 6.07) is 10.9. The first kappa shape index (κ1) is 19.1. The lowest BCUT2D eigenvalue weighted by Gasteiger charge is -2.30. The predicted molar refractivity (Wildman–Crippen MR) is 104 cm³/mol. The summed E-state index contributed by atoms with van der Waals surface area (Å²) in [6.07, 6.45) is 5.68. The number of aromatic nitrogens is 1. The molecule has 0 bridgehead atoms. The van der Waals surface area contributed by atoms with Crippen molar-refractivity contribution in [3.8, 4) is 0 Å². The van der Waals surface area contributed by atoms with Crippen LogP contribution in [0.1, 0.15) is 36.1 Å². The van der Waals surface area contributed by atoms with E-state index in [2.05, 4.69) is 4.98 Å². The van der Waals surface area contributed by atoms with E-state index in [1.807, 2.05) is 24.3 Å². The maximum Gasteiger partial charge on any atom is 0.309 e. The third-order valence-corrected chi connectivity index (χ3v) is 7.48. The monoisotopic (exact) mass is 400 g/mol. The normalized spacial score (nSPS) is 18.0. The highest BCUT2D eigenvalue weighted by atomic mass is 32.2. The first-order valence-electron chi connectivity index (χ1n) is 9.72. The van der Waals surface area contributed by atoms with Crippen molar-refractivity contribution < 1.29 is 17.9 Å². The van der Waals surface area contributed by atoms with E-state index in [0.29, 0.717) is 36.5 Å². The van der Waals surface area contributed by atoms with Crippen LogP contribution in [-0.2, 0) is 39.0 Å². The van der Waals surface area contributed by atoms with Gasteiger partial charge in [0.05, 0.1) is 16.5 Å². The summed E-state index contributed by atoms with van der Waals surface area (Å²) in [5, 5.41) is 0. The van der Waals surface area contributed by atoms with E-state index in [1.165, 1.54) is 9.87 Å². The van der Waals surface area contributed by atoms with E-state index in [-0.39, 0.29) is 18.5 Å². The van der Waals surface area contributed by atoms with Crippen molar-refractivity contribution in [1.82, 2.24) is 9.29 Å². The standard InChI is InChI=1S/C21H24N2O4S/c24-21(27-15-19-6-1-2-11-22-19)17-9-12-23(13-10-17)28(25,26)20-8-7-16-4-3-5-18(16)14-20/h1-2,6-8,11,14,17H,3-5,9-10,12-13,15H2. The molecule has 7 heteroatoms. The molecule has 0 saturated carbocycles. The Balaban J connectivity index is 1.35. The summed E-state index contributed by atoms with van der Waals surface area (Å²) >= 11 is 0. The maximum absolute atomic E-state index is 13.0. The van der Waals surface area contributed by atoms with Crippen molar-refractivity contribution in [2.75, 3.05) is 13.1 Å². The molecule has 2 heterocycles. The number of pyridine rings is 1. The van der Waals surface area contributed by atoms with Gasteiger partial charge in [0.2, 0.25) is 10.0 Å². The Morgan fingerprint density at radius 3 is 2.64 bits per heavy atom. The molecule has 0 spiro atoms. The van der Waals surface area contributed by atoms with Crippen molar-refractivity contribution in [2.45, 2.75) is 43.6 Å². The van der Waals surface area contributed by atoms with Crippen LogP contribution in [0, 0.1) is 5.92 Å². The molecule has 0 radical (unpaired) electrons. The number of fused-ring (bicyclic) bond motifs is 1. The summed E-state index contributed by atoms with van der Waals surface area (Å²) in [5.41, 5.74) is 3.11. The van der Waals surface area contributed by atoms with Gasteiger partial charge in [-0.05, 0) is 67.5 Å². The molecule has 0 N–H and O–H groups in total. The number of esters is 1. The number of hydrogen-bond donors (Lipinski definition) is 0. The van der Waals surface area contributed by atoms with E-state index in [0.717, 1.165) is 24.8 Å². The quantitative estimate of drug-likeness (QED) is 0.722. The summed E-state index contributed by atoms with van der Waals surface area (Å²) in [7, 11) is -3.52. The molecule has 2 aliphatic rings. The van der Waals surface area contributed by atoms with Crippen LogP contribution >= 0.6 is 0 Å². The van der Waals surface area contributed by atoms with Crippen molar-refractivity contribution in [1.29, 1.82) is 0 Å². The summed E-state index contributed by atoms with van der Waals surface area (Å²) in [6.45, 7) is 0.818. The number of piperidine rings is 1. The molecular formula is C21H24N2O4S. The lowest BCUT2D eigenvalue weighted by molar-refractivity contribution is -0.151. The molecule has 0 atom stereocenters. The largest absolute Gasteiger partial charge is 0.459 e. The second-order valence-electron chi connectivity index (χ2n) is 7.39. The second-order valence-corrected chi connectivity index (χ2v) is 9.33. The lowest BCUT2D eigenvalue weighted by atomic mass is 9.98. The number of carbonyl (C=O) groups excluding carboxylic acids is 1. The van der Waals surface area contributed by atoms with Gasteiger partial charge in [0.15, 0.2) is 0 Å². The molecule has 28 heavy (non-hydrogen) atoms. The van der Waals surface area contributed by atoms with Gasteiger partial charge in [-0.15, -0.1) is 0 Å². The van der Waals surface area contributed by atoms with Gasteiger partial charge in [-0.2, -0.15) is 4.31 Å². The number of rotatable bonds is 5. The number of carbonyl (C=O) groups is 1. The first-order chi connectivity index (χ1) is 13.5. The number of nitrogens with zero attached hydrogens (tertiary/aromatic N) is 2. The van der Waals surface area contributed by atoms with Crippen molar-refractivity contribution in [2.24, 2.45) is 5.92 Å². The Morgan fingerprint density at radius 1 is 1.11 bits per heavy atom. The lowest BCUT2D eigenvalue weighted by Crippen LogP contribution is -2.40. The van der Waals surface area contributed by atoms with Crippen LogP contribution in [0.5, 0.6) is 0 Å². The van der Waals surface area contributed by atoms with Crippen LogP contribution in [0.2, 0.25) is 0 Å². The second kappa shape index (κ2) is 8.01. The molecule has 4 rings (SSSR count). The highest BCUT2D eigenvalue weighted by Gasteiger charge is 2.33. The van der Waals surface area contributed by atoms with E-state index >= 15 is 0 Å². The van der Waals surface area contributed by atoms with Gasteiger partial charge in [-0.25, -0.2) is 8.42 Å². The minimum atomic E-state index is -3.52. The molecule has 0 amide bonds. The first-order valence-corrected chi connectivity index (χ1v) is 11.2. The third kappa shape index (κ3) is 3.95. The maximum atomic E-state index is 13.0. The highest BCUT2D eigenvalue weighted by Crippen LogP contribution is 2.29. The molecule has 1 aliphatic heterocycles. The van der Waals surface area contributed by atoms with Crippen LogP contribution in [0.15, 0.2) is 47.5 Å². The summed E-state index contributed by atoms with van der Waals surface area (Å²) < 4.78 is 32.8. The van der Waals surface area contributed by atoms with E-state index in [9.17, 15) is 13.2 Å². The zero-order valence-electron chi connectivity index (χ0n) is 15.7. The summed E-state index contributed by atoms with van der Waals surface area (Å²) in [5.74, 6) is -0.546. The molecule has 1 aliphatic carbocycles. The fourth-order valence-electron chi connectivity index (χ4n) is 3.94. The van der Waals surface area contributed by atoms with Crippen molar-refractivity contribution >= 4 is 16.0 Å². The molecule has 1 saturated heterocycles. The Bertz CT molecular complexity index is 952. The van der Waals surface area contributed by atoms with Gasteiger partial charge >= 0.3 is 5.97 Å². The Labute approximate surface area is 165 Å². The van der Waals surface area contributed by atoms with Gasteiger partial charge in [0.1, 0.15) is 6.61 Å². The Kier molecular flexibility index (Phi) is 5.46. The average molecular weight is 401 g/mol. The zero-order valence-corrected chi connectivity index (χ0v) is 16.5. The Morgan fingerprint density at radius 2 is 1.89 bits per heavy atom. The van der Waals surface area contributed by atoms with Crippen LogP contribution in [-0.4, -0.2) is 36.8 Å². The number of ether oxygens (including phenoxy) is 1. The molecule has 2 aromatic rings. The molecule has 0 unspecified atom stereocenters. The number of benzene rings is 1. The molecule has 1 fully saturated rings. The average Bonchev–Trinajstić information content (AvgIpc) is 3.21. The van der Waals surface area contributed by atoms with E-state index in [1.54, 1.807) is 18.3 Å². The van der Waals surface area contributed by atoms with E-state index in [4.69, 9.17) is 4.74 Å². The van der Waals surface area contributed by atoms with Crippen LogP contribution in [0.3, 0.4) is 0 Å². The van der Waals surface area contributed by atoms with Crippen molar-refractivity contribution in [3.05, 3.63) is 59.4 Å². The third-order valence-electron chi connectivity index (χ3n) is 5.58. The zero-order chi connectivity index (χ0) is 19.6. The van der Waals surface area contributed by atoms with Crippen LogP contribution in [0.4, 0.5) is 0 Å². The fraction of sp³-hybridized carbons (Fsp3) is 0.429. The van der Waals surface area contributed by atoms with Gasteiger partial charge < -0.3 is 4.74 Å². The van der Waals surface area contributed by atoms with Gasteiger partial charge in [0.25, 0.3) is 0 Å².